The van der Waals surface area contributed by atoms with Gasteiger partial charge in [0.15, 0.2) is 0 Å². The molecule has 3 rings (SSSR count). The Kier molecular flexibility index (Phi) is 10.9. The minimum Gasteiger partial charge on any atom is -0.465 e. The molecule has 1 aromatic rings. The fraction of sp³-hybridized carbons (Fsp3) is 0.577. The lowest BCUT2D eigenvalue weighted by molar-refractivity contribution is -0.227. The van der Waals surface area contributed by atoms with Crippen LogP contribution in [0, 0.1) is 0 Å². The van der Waals surface area contributed by atoms with E-state index in [0.717, 1.165) is 0 Å². The summed E-state index contributed by atoms with van der Waals surface area (Å²) in [6.45, 7) is -1.04. The summed E-state index contributed by atoms with van der Waals surface area (Å²) in [6, 6.07) is 4.98. The van der Waals surface area contributed by atoms with Gasteiger partial charge in [0, 0.05) is 0 Å². The van der Waals surface area contributed by atoms with E-state index in [9.17, 15) is 45.6 Å². The zero-order chi connectivity index (χ0) is 28.0. The monoisotopic (exact) mass is 540 g/mol. The van der Waals surface area contributed by atoms with Crippen LogP contribution in [-0.2, 0) is 14.2 Å². The molecule has 0 amide bonds. The normalized spacial score (nSPS) is 36.1. The lowest BCUT2D eigenvalue weighted by Gasteiger charge is -2.39. The summed E-state index contributed by atoms with van der Waals surface area (Å²) < 4.78 is 15.8. The lowest BCUT2D eigenvalue weighted by atomic mass is 9.93. The number of aliphatic hydroxyl groups is 8. The van der Waals surface area contributed by atoms with Crippen LogP contribution in [0.25, 0.3) is 12.2 Å². The van der Waals surface area contributed by atoms with E-state index in [-0.39, 0.29) is 18.4 Å². The Labute approximate surface area is 219 Å². The van der Waals surface area contributed by atoms with Gasteiger partial charge in [-0.1, -0.05) is 36.4 Å². The average molecular weight is 541 g/mol. The van der Waals surface area contributed by atoms with Crippen LogP contribution < -0.4 is 0 Å². The Bertz CT molecular complexity index is 977. The average Bonchev–Trinajstić information content (AvgIpc) is 2.93. The van der Waals surface area contributed by atoms with Gasteiger partial charge in [-0.2, -0.15) is 0 Å². The Hall–Kier alpha value is -2.23. The first-order valence-electron chi connectivity index (χ1n) is 12.3. The highest BCUT2D eigenvalue weighted by atomic mass is 16.6. The molecule has 2 heterocycles. The van der Waals surface area contributed by atoms with Crippen molar-refractivity contribution in [3.05, 3.63) is 47.0 Å². The van der Waals surface area contributed by atoms with E-state index in [1.807, 2.05) is 0 Å². The number of benzene rings is 1. The van der Waals surface area contributed by atoms with Gasteiger partial charge < -0.3 is 55.1 Å². The summed E-state index contributed by atoms with van der Waals surface area (Å²) in [6.07, 6.45) is -5.38. The van der Waals surface area contributed by atoms with Crippen molar-refractivity contribution in [2.75, 3.05) is 20.3 Å². The van der Waals surface area contributed by atoms with Crippen LogP contribution in [0.2, 0.25) is 0 Å². The first kappa shape index (κ1) is 30.3. The predicted molar refractivity (Wildman–Crippen MR) is 133 cm³/mol. The molecule has 1 aromatic carbocycles. The summed E-state index contributed by atoms with van der Waals surface area (Å²) in [5.74, 6) is -0.596. The maximum Gasteiger partial charge on any atom is 0.338 e. The van der Waals surface area contributed by atoms with Gasteiger partial charge in [-0.3, -0.25) is 0 Å². The number of hydrogen-bond donors (Lipinski definition) is 8. The van der Waals surface area contributed by atoms with Crippen molar-refractivity contribution in [1.82, 2.24) is 0 Å². The highest BCUT2D eigenvalue weighted by molar-refractivity contribution is 5.94. The molecule has 0 aliphatic carbocycles. The fourth-order valence-electron chi connectivity index (χ4n) is 4.52. The van der Waals surface area contributed by atoms with Crippen molar-refractivity contribution in [2.24, 2.45) is 0 Å². The molecule has 212 valence electrons. The lowest BCUT2D eigenvalue weighted by Crippen LogP contribution is -2.58. The maximum atomic E-state index is 12.4. The van der Waals surface area contributed by atoms with Gasteiger partial charge in [-0.05, 0) is 30.0 Å². The van der Waals surface area contributed by atoms with Gasteiger partial charge in [0.25, 0.3) is 0 Å². The van der Waals surface area contributed by atoms with Gasteiger partial charge in [-0.25, -0.2) is 4.79 Å². The Balaban J connectivity index is 1.69. The minimum atomic E-state index is -1.47. The highest BCUT2D eigenvalue weighted by Gasteiger charge is 2.43. The van der Waals surface area contributed by atoms with Crippen LogP contribution in [0.5, 0.6) is 0 Å². The molecule has 38 heavy (non-hydrogen) atoms. The van der Waals surface area contributed by atoms with Crippen LogP contribution >= 0.6 is 0 Å². The second-order valence-electron chi connectivity index (χ2n) is 9.35. The van der Waals surface area contributed by atoms with Crippen LogP contribution in [-0.4, -0.2) is 128 Å². The molecule has 0 bridgehead atoms. The number of ether oxygens (including phenoxy) is 3. The van der Waals surface area contributed by atoms with Gasteiger partial charge in [0.1, 0.15) is 48.8 Å². The molecule has 2 fully saturated rings. The largest absolute Gasteiger partial charge is 0.465 e. The quantitative estimate of drug-likeness (QED) is 0.160. The van der Waals surface area contributed by atoms with E-state index in [2.05, 4.69) is 0 Å². The Morgan fingerprint density at radius 1 is 0.763 bits per heavy atom. The van der Waals surface area contributed by atoms with Crippen molar-refractivity contribution >= 4 is 18.1 Å². The first-order chi connectivity index (χ1) is 18.1. The zero-order valence-electron chi connectivity index (χ0n) is 20.9. The molecule has 10 atom stereocenters. The van der Waals surface area contributed by atoms with Gasteiger partial charge in [-0.15, -0.1) is 0 Å². The molecular weight excluding hydrogens is 504 g/mol. The van der Waals surface area contributed by atoms with Crippen LogP contribution in [0.4, 0.5) is 0 Å². The van der Waals surface area contributed by atoms with Crippen molar-refractivity contribution in [2.45, 2.75) is 73.9 Å². The molecule has 2 aliphatic heterocycles. The third-order valence-electron chi connectivity index (χ3n) is 6.81. The van der Waals surface area contributed by atoms with Gasteiger partial charge in [0.2, 0.25) is 0 Å². The van der Waals surface area contributed by atoms with Crippen LogP contribution in [0.15, 0.2) is 30.4 Å². The minimum absolute atomic E-state index is 0.128. The summed E-state index contributed by atoms with van der Waals surface area (Å²) in [4.78, 5) is 12.4. The van der Waals surface area contributed by atoms with Crippen molar-refractivity contribution < 1.29 is 59.9 Å². The summed E-state index contributed by atoms with van der Waals surface area (Å²) in [5, 5.41) is 78.7. The Morgan fingerprint density at radius 3 is 1.71 bits per heavy atom. The van der Waals surface area contributed by atoms with E-state index in [1.54, 1.807) is 42.5 Å². The Morgan fingerprint density at radius 2 is 1.24 bits per heavy atom. The second kappa shape index (κ2) is 13.7. The third kappa shape index (κ3) is 6.85. The van der Waals surface area contributed by atoms with E-state index >= 15 is 0 Å². The molecule has 0 spiro atoms. The number of esters is 1. The molecular formula is C26H36O12. The molecule has 12 heteroatoms. The van der Waals surface area contributed by atoms with E-state index in [0.29, 0.717) is 11.1 Å². The molecule has 8 N–H and O–H groups in total. The molecule has 2 aliphatic rings. The molecule has 2 saturated heterocycles. The fourth-order valence-corrected chi connectivity index (χ4v) is 4.52. The first-order valence-corrected chi connectivity index (χ1v) is 12.3. The number of carbonyl (C=O) groups is 1. The summed E-state index contributed by atoms with van der Waals surface area (Å²) >= 11 is 0. The van der Waals surface area contributed by atoms with E-state index in [1.165, 1.54) is 7.11 Å². The molecule has 0 aromatic heterocycles. The van der Waals surface area contributed by atoms with Crippen LogP contribution in [0.1, 0.15) is 34.3 Å². The third-order valence-corrected chi connectivity index (χ3v) is 6.81. The second-order valence-corrected chi connectivity index (χ2v) is 9.35. The maximum absolute atomic E-state index is 12.4. The van der Waals surface area contributed by atoms with Gasteiger partial charge >= 0.3 is 5.97 Å². The summed E-state index contributed by atoms with van der Waals surface area (Å²) in [7, 11) is 1.24. The standard InChI is InChI=1S/C26H36O12/c1-36-26(35)15-10-13(4-2-6-16-20(29)24(33)22(31)18(11-27)37-16)8-9-14(15)5-3-7-17-21(30)25(34)23(32)19(12-28)38-17/h2-5,8-10,16-25,27-34H,6-7,11-12H2,1H3/t16-,17-,18-,19-,20-,21-,22-,23-,24-,25-/m1/s1. The number of aliphatic hydroxyl groups excluding tert-OH is 8. The zero-order valence-corrected chi connectivity index (χ0v) is 20.9. The molecule has 0 saturated carbocycles. The SMILES string of the molecule is COC(=O)c1cc(C=CC[C@H]2O[C@H](CO)[C@@H](O)[C@H](O)[C@@H]2O)ccc1C=CC[C@H]1O[C@H](CO)[C@@H](O)[C@H](O)[C@@H]1O. The number of rotatable bonds is 9. The van der Waals surface area contributed by atoms with Crippen molar-refractivity contribution in [1.29, 1.82) is 0 Å². The molecule has 0 unspecified atom stereocenters. The summed E-state index contributed by atoms with van der Waals surface area (Å²) in [5.41, 5.74) is 1.38. The van der Waals surface area contributed by atoms with E-state index in [4.69, 9.17) is 14.2 Å². The van der Waals surface area contributed by atoms with E-state index < -0.39 is 80.2 Å². The topological polar surface area (TPSA) is 207 Å². The highest BCUT2D eigenvalue weighted by Crippen LogP contribution is 2.26. The smallest absolute Gasteiger partial charge is 0.338 e. The number of carbonyl (C=O) groups excluding carboxylic acids is 1. The van der Waals surface area contributed by atoms with Crippen LogP contribution in [0.3, 0.4) is 0 Å². The van der Waals surface area contributed by atoms with Crippen molar-refractivity contribution in [3.8, 4) is 0 Å². The van der Waals surface area contributed by atoms with Gasteiger partial charge in [0.05, 0.1) is 38.1 Å². The number of hydrogen-bond acceptors (Lipinski definition) is 12. The molecule has 12 nitrogen and oxygen atoms in total. The van der Waals surface area contributed by atoms with Crippen molar-refractivity contribution in [3.63, 3.8) is 0 Å². The predicted octanol–water partition coefficient (Wildman–Crippen LogP) is -2.04. The number of methoxy groups -OCH3 is 1. The molecule has 0 radical (unpaired) electrons.